The largest absolute Gasteiger partial charge is 0.493 e. The fraction of sp³-hybridized carbons (Fsp3) is 0.294. The lowest BCUT2D eigenvalue weighted by atomic mass is 10.2. The Morgan fingerprint density at radius 2 is 1.25 bits per heavy atom. The summed E-state index contributed by atoms with van der Waals surface area (Å²) in [6, 6.07) is 15.8. The van der Waals surface area contributed by atoms with Crippen LogP contribution in [0, 0.1) is 0 Å². The van der Waals surface area contributed by atoms with Crippen molar-refractivity contribution in [2.24, 2.45) is 0 Å². The van der Waals surface area contributed by atoms with Gasteiger partial charge in [-0.25, -0.2) is 0 Å². The van der Waals surface area contributed by atoms with Crippen LogP contribution in [-0.4, -0.2) is 13.4 Å². The second-order valence-electron chi connectivity index (χ2n) is 4.06. The number of para-hydroxylation sites is 3. The minimum atomic E-state index is 0.360. The van der Waals surface area contributed by atoms with Gasteiger partial charge in [-0.1, -0.05) is 44.2 Å². The van der Waals surface area contributed by atoms with E-state index in [1.807, 2.05) is 56.3 Å². The quantitative estimate of drug-likeness (QED) is 0.723. The summed E-state index contributed by atoms with van der Waals surface area (Å²) in [4.78, 5) is 0. The van der Waals surface area contributed by atoms with Gasteiger partial charge in [0.05, 0.1) is 6.61 Å². The van der Waals surface area contributed by atoms with E-state index in [-0.39, 0.29) is 0 Å². The topological polar surface area (TPSA) is 27.7 Å². The molecule has 2 aromatic rings. The van der Waals surface area contributed by atoms with Crippen molar-refractivity contribution in [1.29, 1.82) is 0 Å². The summed E-state index contributed by atoms with van der Waals surface area (Å²) in [6.45, 7) is 5.22. The van der Waals surface area contributed by atoms with Crippen molar-refractivity contribution < 1.29 is 14.2 Å². The zero-order valence-electron chi connectivity index (χ0n) is 12.0. The Morgan fingerprint density at radius 1 is 0.700 bits per heavy atom. The van der Waals surface area contributed by atoms with Crippen LogP contribution in [0.5, 0.6) is 17.2 Å². The van der Waals surface area contributed by atoms with Crippen LogP contribution in [0.3, 0.4) is 0 Å². The average molecular weight is 272 g/mol. The third-order valence-electron chi connectivity index (χ3n) is 2.88. The first kappa shape index (κ1) is 14.3. The molecule has 3 nitrogen and oxygen atoms in total. The van der Waals surface area contributed by atoms with Gasteiger partial charge >= 0.3 is 0 Å². The van der Waals surface area contributed by atoms with Crippen LogP contribution in [0.4, 0.5) is 0 Å². The maximum atomic E-state index is 5.30. The van der Waals surface area contributed by atoms with Gasteiger partial charge < -0.3 is 14.2 Å². The normalized spacial score (nSPS) is 13.1. The summed E-state index contributed by atoms with van der Waals surface area (Å²) in [5, 5.41) is 0. The van der Waals surface area contributed by atoms with E-state index in [1.54, 1.807) is 0 Å². The van der Waals surface area contributed by atoms with Gasteiger partial charge in [0.15, 0.2) is 11.5 Å². The predicted molar refractivity (Wildman–Crippen MR) is 79.6 cm³/mol. The first-order chi connectivity index (χ1) is 9.93. The van der Waals surface area contributed by atoms with Crippen molar-refractivity contribution in [3.8, 4) is 17.2 Å². The van der Waals surface area contributed by atoms with Crippen molar-refractivity contribution >= 4 is 0 Å². The van der Waals surface area contributed by atoms with Gasteiger partial charge in [-0.15, -0.1) is 0 Å². The van der Waals surface area contributed by atoms with Crippen molar-refractivity contribution in [3.63, 3.8) is 0 Å². The Morgan fingerprint density at radius 3 is 1.85 bits per heavy atom. The summed E-state index contributed by atoms with van der Waals surface area (Å²) >= 11 is 0. The monoisotopic (exact) mass is 272 g/mol. The van der Waals surface area contributed by atoms with Crippen molar-refractivity contribution in [2.45, 2.75) is 20.3 Å². The molecule has 2 aliphatic rings. The molecule has 0 aromatic heterocycles. The van der Waals surface area contributed by atoms with Crippen LogP contribution in [0.2, 0.25) is 0 Å². The van der Waals surface area contributed by atoms with Crippen LogP contribution in [-0.2, 0) is 6.42 Å². The molecule has 0 saturated heterocycles. The van der Waals surface area contributed by atoms with Crippen LogP contribution in [0.1, 0.15) is 19.4 Å². The van der Waals surface area contributed by atoms with E-state index in [0.29, 0.717) is 6.79 Å². The number of hydrogen-bond acceptors (Lipinski definition) is 3. The summed E-state index contributed by atoms with van der Waals surface area (Å²) in [7, 11) is 0. The Bertz CT molecular complexity index is 442. The fourth-order valence-electron chi connectivity index (χ4n) is 1.97. The Balaban J connectivity index is 0.000000131. The van der Waals surface area contributed by atoms with Gasteiger partial charge in [0.1, 0.15) is 5.75 Å². The maximum Gasteiger partial charge on any atom is 0.231 e. The van der Waals surface area contributed by atoms with Crippen molar-refractivity contribution in [3.05, 3.63) is 54.1 Å². The SMILES string of the molecule is CC.c1ccc2c(c1)CCO2.c1ccc2c(c1)OCO2. The first-order valence-electron chi connectivity index (χ1n) is 6.99. The molecule has 3 heteroatoms. The molecule has 0 bridgehead atoms. The minimum absolute atomic E-state index is 0.360. The van der Waals surface area contributed by atoms with Gasteiger partial charge in [-0.05, 0) is 23.8 Å². The Labute approximate surface area is 120 Å². The van der Waals surface area contributed by atoms with Gasteiger partial charge in [0.2, 0.25) is 6.79 Å². The predicted octanol–water partition coefficient (Wildman–Crippen LogP) is 4.06. The van der Waals surface area contributed by atoms with E-state index in [4.69, 9.17) is 14.2 Å². The first-order valence-corrected chi connectivity index (χ1v) is 6.99. The molecule has 20 heavy (non-hydrogen) atoms. The lowest BCUT2D eigenvalue weighted by Crippen LogP contribution is -1.92. The second-order valence-corrected chi connectivity index (χ2v) is 4.06. The fourth-order valence-corrected chi connectivity index (χ4v) is 1.97. The summed E-state index contributed by atoms with van der Waals surface area (Å²) in [6.07, 6.45) is 1.08. The van der Waals surface area contributed by atoms with Crippen LogP contribution in [0.15, 0.2) is 48.5 Å². The molecule has 0 spiro atoms. The molecule has 4 rings (SSSR count). The Kier molecular flexibility index (Phi) is 5.30. The molecule has 0 radical (unpaired) electrons. The molecule has 106 valence electrons. The van der Waals surface area contributed by atoms with E-state index in [1.165, 1.54) is 5.56 Å². The standard InChI is InChI=1S/C8H8O.C7H6O2.C2H6/c1-2-4-8-7(3-1)5-6-9-8;1-2-4-7-6(3-1)8-5-9-7;1-2/h1-4H,5-6H2;1-4H,5H2;1-2H3. The molecule has 0 amide bonds. The molecule has 2 heterocycles. The van der Waals surface area contributed by atoms with Gasteiger partial charge in [-0.3, -0.25) is 0 Å². The zero-order chi connectivity index (χ0) is 14.2. The van der Waals surface area contributed by atoms with E-state index < -0.39 is 0 Å². The average Bonchev–Trinajstić information content (AvgIpc) is 3.18. The highest BCUT2D eigenvalue weighted by Crippen LogP contribution is 2.30. The van der Waals surface area contributed by atoms with Crippen LogP contribution >= 0.6 is 0 Å². The van der Waals surface area contributed by atoms with Crippen LogP contribution in [0.25, 0.3) is 0 Å². The highest BCUT2D eigenvalue weighted by Gasteiger charge is 2.09. The molecule has 2 aliphatic heterocycles. The summed E-state index contributed by atoms with van der Waals surface area (Å²) in [5.74, 6) is 2.76. The molecule has 0 N–H and O–H groups in total. The number of hydrogen-bond donors (Lipinski definition) is 0. The Hall–Kier alpha value is -2.16. The number of benzene rings is 2. The van der Waals surface area contributed by atoms with Crippen molar-refractivity contribution in [2.75, 3.05) is 13.4 Å². The molecule has 0 fully saturated rings. The van der Waals surface area contributed by atoms with Crippen LogP contribution < -0.4 is 14.2 Å². The van der Waals surface area contributed by atoms with E-state index in [2.05, 4.69) is 6.07 Å². The lowest BCUT2D eigenvalue weighted by molar-refractivity contribution is 0.174. The van der Waals surface area contributed by atoms with Gasteiger partial charge in [-0.2, -0.15) is 0 Å². The molecule has 0 saturated carbocycles. The van der Waals surface area contributed by atoms with Gasteiger partial charge in [0.25, 0.3) is 0 Å². The number of fused-ring (bicyclic) bond motifs is 2. The molecular formula is C17H20O3. The van der Waals surface area contributed by atoms with E-state index in [9.17, 15) is 0 Å². The molecule has 2 aromatic carbocycles. The summed E-state index contributed by atoms with van der Waals surface area (Å²) < 4.78 is 15.5. The van der Waals surface area contributed by atoms with E-state index >= 15 is 0 Å². The lowest BCUT2D eigenvalue weighted by Gasteiger charge is -1.93. The maximum absolute atomic E-state index is 5.30. The molecular weight excluding hydrogens is 252 g/mol. The third-order valence-corrected chi connectivity index (χ3v) is 2.88. The number of rotatable bonds is 0. The van der Waals surface area contributed by atoms with Crippen molar-refractivity contribution in [1.82, 2.24) is 0 Å². The zero-order valence-corrected chi connectivity index (χ0v) is 12.0. The number of ether oxygens (including phenoxy) is 3. The second kappa shape index (κ2) is 7.43. The van der Waals surface area contributed by atoms with Gasteiger partial charge in [0, 0.05) is 6.42 Å². The highest BCUT2D eigenvalue weighted by molar-refractivity contribution is 5.40. The minimum Gasteiger partial charge on any atom is -0.493 e. The highest BCUT2D eigenvalue weighted by atomic mass is 16.7. The smallest absolute Gasteiger partial charge is 0.231 e. The molecule has 0 atom stereocenters. The summed E-state index contributed by atoms with van der Waals surface area (Å²) in [5.41, 5.74) is 1.34. The molecule has 0 unspecified atom stereocenters. The van der Waals surface area contributed by atoms with E-state index in [0.717, 1.165) is 30.3 Å². The molecule has 0 aliphatic carbocycles. The third kappa shape index (κ3) is 3.44.